The molecule has 2 aromatic heterocycles. The fourth-order valence-electron chi connectivity index (χ4n) is 4.30. The zero-order chi connectivity index (χ0) is 22.8. The molecule has 1 aliphatic heterocycles. The molecule has 0 atom stereocenters. The number of para-hydroxylation sites is 2. The lowest BCUT2D eigenvalue weighted by molar-refractivity contribution is -0.131. The maximum absolute atomic E-state index is 12.8. The van der Waals surface area contributed by atoms with Gasteiger partial charge in [-0.15, -0.1) is 0 Å². The molecule has 8 heteroatoms. The third-order valence-corrected chi connectivity index (χ3v) is 6.48. The van der Waals surface area contributed by atoms with Crippen LogP contribution in [0.3, 0.4) is 0 Å². The van der Waals surface area contributed by atoms with Crippen molar-refractivity contribution >= 4 is 34.1 Å². The summed E-state index contributed by atoms with van der Waals surface area (Å²) in [6.45, 7) is 3.04. The standard InChI is InChI=1S/C25H24ClN5O2/c26-24-22(18-27-31(25(24)33)20-7-2-1-3-8-20)29-14-16-30(17-15-29)23(32)11-13-28-12-10-19-6-4-5-9-21(19)28/h1-10,12,18H,11,13-17H2. The molecule has 1 amide bonds. The van der Waals surface area contributed by atoms with Gasteiger partial charge in [0.05, 0.1) is 17.6 Å². The number of carbonyl (C=O) groups excluding carboxylic acids is 1. The minimum atomic E-state index is -0.349. The third-order valence-electron chi connectivity index (χ3n) is 6.12. The van der Waals surface area contributed by atoms with E-state index in [2.05, 4.69) is 27.9 Å². The van der Waals surface area contributed by atoms with E-state index in [0.717, 1.165) is 5.52 Å². The summed E-state index contributed by atoms with van der Waals surface area (Å²) in [5.74, 6) is 0.135. The van der Waals surface area contributed by atoms with Gasteiger partial charge in [0, 0.05) is 50.9 Å². The van der Waals surface area contributed by atoms with E-state index in [1.165, 1.54) is 10.1 Å². The van der Waals surface area contributed by atoms with Crippen LogP contribution < -0.4 is 10.5 Å². The number of aryl methyl sites for hydroxylation is 1. The van der Waals surface area contributed by atoms with Gasteiger partial charge in [-0.3, -0.25) is 9.59 Å². The number of aromatic nitrogens is 3. The number of hydrogen-bond donors (Lipinski definition) is 0. The van der Waals surface area contributed by atoms with Gasteiger partial charge in [-0.1, -0.05) is 48.0 Å². The first-order valence-electron chi connectivity index (χ1n) is 11.0. The molecular weight excluding hydrogens is 438 g/mol. The van der Waals surface area contributed by atoms with Crippen LogP contribution in [0.5, 0.6) is 0 Å². The Kier molecular flexibility index (Phi) is 5.88. The van der Waals surface area contributed by atoms with Gasteiger partial charge in [0.15, 0.2) is 0 Å². The Morgan fingerprint density at radius 3 is 2.45 bits per heavy atom. The van der Waals surface area contributed by atoms with Crippen molar-refractivity contribution in [3.05, 3.63) is 88.4 Å². The molecule has 1 saturated heterocycles. The number of piperazine rings is 1. The summed E-state index contributed by atoms with van der Waals surface area (Å²) in [5, 5.41) is 5.64. The van der Waals surface area contributed by atoms with E-state index in [1.807, 2.05) is 58.5 Å². The molecule has 2 aromatic carbocycles. The number of rotatable bonds is 5. The Bertz CT molecular complexity index is 1340. The second kappa shape index (κ2) is 9.11. The summed E-state index contributed by atoms with van der Waals surface area (Å²) in [6.07, 6.45) is 4.11. The Morgan fingerprint density at radius 1 is 0.939 bits per heavy atom. The number of halogens is 1. The highest BCUT2D eigenvalue weighted by molar-refractivity contribution is 6.33. The minimum absolute atomic E-state index is 0.135. The van der Waals surface area contributed by atoms with E-state index < -0.39 is 0 Å². The maximum Gasteiger partial charge on any atom is 0.292 e. The highest BCUT2D eigenvalue weighted by Gasteiger charge is 2.24. The van der Waals surface area contributed by atoms with Crippen molar-refractivity contribution in [3.8, 4) is 5.69 Å². The molecule has 1 aliphatic rings. The quantitative estimate of drug-likeness (QED) is 0.455. The lowest BCUT2D eigenvalue weighted by Gasteiger charge is -2.36. The van der Waals surface area contributed by atoms with Crippen LogP contribution in [0.2, 0.25) is 5.02 Å². The molecule has 5 rings (SSSR count). The number of benzene rings is 2. The molecule has 1 fully saturated rings. The van der Waals surface area contributed by atoms with E-state index in [1.54, 1.807) is 6.20 Å². The molecule has 0 bridgehead atoms. The lowest BCUT2D eigenvalue weighted by Crippen LogP contribution is -2.49. The van der Waals surface area contributed by atoms with Crippen LogP contribution in [-0.4, -0.2) is 51.3 Å². The van der Waals surface area contributed by atoms with Crippen LogP contribution >= 0.6 is 11.6 Å². The molecule has 3 heterocycles. The highest BCUT2D eigenvalue weighted by Crippen LogP contribution is 2.23. The van der Waals surface area contributed by atoms with Crippen LogP contribution in [-0.2, 0) is 11.3 Å². The van der Waals surface area contributed by atoms with Crippen LogP contribution in [0.15, 0.2) is 77.9 Å². The summed E-state index contributed by atoms with van der Waals surface area (Å²) in [6, 6.07) is 19.4. The average molecular weight is 462 g/mol. The molecule has 4 aromatic rings. The number of hydrogen-bond acceptors (Lipinski definition) is 4. The Morgan fingerprint density at radius 2 is 1.67 bits per heavy atom. The molecule has 0 radical (unpaired) electrons. The van der Waals surface area contributed by atoms with Crippen molar-refractivity contribution < 1.29 is 4.79 Å². The van der Waals surface area contributed by atoms with Crippen LogP contribution in [0.1, 0.15) is 6.42 Å². The highest BCUT2D eigenvalue weighted by atomic mass is 35.5. The lowest BCUT2D eigenvalue weighted by atomic mass is 10.2. The van der Waals surface area contributed by atoms with Crippen LogP contribution in [0, 0.1) is 0 Å². The van der Waals surface area contributed by atoms with Gasteiger partial charge in [-0.25, -0.2) is 0 Å². The van der Waals surface area contributed by atoms with Crippen molar-refractivity contribution in [2.75, 3.05) is 31.1 Å². The summed E-state index contributed by atoms with van der Waals surface area (Å²) in [4.78, 5) is 29.5. The number of anilines is 1. The summed E-state index contributed by atoms with van der Waals surface area (Å²) < 4.78 is 3.42. The van der Waals surface area contributed by atoms with Crippen molar-refractivity contribution in [1.29, 1.82) is 0 Å². The van der Waals surface area contributed by atoms with Gasteiger partial charge >= 0.3 is 0 Å². The molecule has 0 spiro atoms. The number of fused-ring (bicyclic) bond motifs is 1. The second-order valence-corrected chi connectivity index (χ2v) is 8.46. The van der Waals surface area contributed by atoms with Gasteiger partial charge in [-0.05, 0) is 29.7 Å². The van der Waals surface area contributed by atoms with E-state index in [9.17, 15) is 9.59 Å². The van der Waals surface area contributed by atoms with Gasteiger partial charge in [0.2, 0.25) is 5.91 Å². The maximum atomic E-state index is 12.8. The summed E-state index contributed by atoms with van der Waals surface area (Å²) >= 11 is 6.44. The zero-order valence-electron chi connectivity index (χ0n) is 18.1. The number of amides is 1. The SMILES string of the molecule is O=C(CCn1ccc2ccccc21)N1CCN(c2cnn(-c3ccccc3)c(=O)c2Cl)CC1. The molecule has 168 valence electrons. The molecule has 7 nitrogen and oxygen atoms in total. The van der Waals surface area contributed by atoms with Crippen molar-refractivity contribution in [3.63, 3.8) is 0 Å². The Labute approximate surface area is 196 Å². The largest absolute Gasteiger partial charge is 0.365 e. The topological polar surface area (TPSA) is 63.4 Å². The summed E-state index contributed by atoms with van der Waals surface area (Å²) in [7, 11) is 0. The first-order valence-corrected chi connectivity index (χ1v) is 11.4. The van der Waals surface area contributed by atoms with E-state index in [-0.39, 0.29) is 16.5 Å². The smallest absolute Gasteiger partial charge is 0.292 e. The number of nitrogens with zero attached hydrogens (tertiary/aromatic N) is 5. The van der Waals surface area contributed by atoms with E-state index >= 15 is 0 Å². The zero-order valence-corrected chi connectivity index (χ0v) is 18.9. The van der Waals surface area contributed by atoms with Crippen molar-refractivity contribution in [2.45, 2.75) is 13.0 Å². The normalized spacial score (nSPS) is 14.1. The van der Waals surface area contributed by atoms with E-state index in [0.29, 0.717) is 50.5 Å². The Hall–Kier alpha value is -3.58. The molecule has 0 aliphatic carbocycles. The van der Waals surface area contributed by atoms with Gasteiger partial charge in [0.1, 0.15) is 5.02 Å². The van der Waals surface area contributed by atoms with E-state index in [4.69, 9.17) is 11.6 Å². The average Bonchev–Trinajstić information content (AvgIpc) is 3.28. The monoisotopic (exact) mass is 461 g/mol. The van der Waals surface area contributed by atoms with Crippen LogP contribution in [0.4, 0.5) is 5.69 Å². The molecule has 0 saturated carbocycles. The second-order valence-electron chi connectivity index (χ2n) is 8.08. The Balaban J connectivity index is 1.21. The van der Waals surface area contributed by atoms with Crippen LogP contribution in [0.25, 0.3) is 16.6 Å². The van der Waals surface area contributed by atoms with Crippen molar-refractivity contribution in [1.82, 2.24) is 19.2 Å². The molecule has 33 heavy (non-hydrogen) atoms. The first kappa shape index (κ1) is 21.3. The minimum Gasteiger partial charge on any atom is -0.365 e. The molecular formula is C25H24ClN5O2. The fourth-order valence-corrected chi connectivity index (χ4v) is 4.55. The molecule has 0 unspecified atom stereocenters. The van der Waals surface area contributed by atoms with Gasteiger partial charge in [0.25, 0.3) is 5.56 Å². The fraction of sp³-hybridized carbons (Fsp3) is 0.240. The third kappa shape index (κ3) is 4.24. The first-order chi connectivity index (χ1) is 16.1. The predicted octanol–water partition coefficient (Wildman–Crippen LogP) is 3.58. The number of carbonyl (C=O) groups is 1. The summed E-state index contributed by atoms with van der Waals surface area (Å²) in [5.41, 5.74) is 2.07. The van der Waals surface area contributed by atoms with Crippen molar-refractivity contribution in [2.24, 2.45) is 0 Å². The van der Waals surface area contributed by atoms with Gasteiger partial charge < -0.3 is 14.4 Å². The molecule has 0 N–H and O–H groups in total. The predicted molar refractivity (Wildman–Crippen MR) is 130 cm³/mol. The van der Waals surface area contributed by atoms with Gasteiger partial charge in [-0.2, -0.15) is 9.78 Å².